The maximum Gasteiger partial charge on any atom is -0.0352 e. The Hall–Kier alpha value is 0. The van der Waals surface area contributed by atoms with Crippen LogP contribution in [-0.4, -0.2) is 0 Å². The second-order valence-electron chi connectivity index (χ2n) is 13.4. The van der Waals surface area contributed by atoms with E-state index in [0.29, 0.717) is 0 Å². The Morgan fingerprint density at radius 3 is 2.06 bits per heavy atom. The second-order valence-corrected chi connectivity index (χ2v) is 13.4. The highest BCUT2D eigenvalue weighted by molar-refractivity contribution is 4.90. The minimum absolute atomic E-state index is 0.882. The number of fused-ring (bicyclic) bond motifs is 1. The van der Waals surface area contributed by atoms with Crippen LogP contribution in [0.1, 0.15) is 144 Å². The lowest BCUT2D eigenvalue weighted by Gasteiger charge is -2.47. The summed E-state index contributed by atoms with van der Waals surface area (Å²) in [4.78, 5) is 0. The molecule has 3 saturated carbocycles. The Kier molecular flexibility index (Phi) is 10.8. The average Bonchev–Trinajstić information content (AvgIpc) is 2.74. The first-order chi connectivity index (χ1) is 14.9. The van der Waals surface area contributed by atoms with Crippen LogP contribution >= 0.6 is 0 Å². The Morgan fingerprint density at radius 1 is 0.677 bits per heavy atom. The van der Waals surface area contributed by atoms with Crippen molar-refractivity contribution in [2.45, 2.75) is 144 Å². The van der Waals surface area contributed by atoms with Crippen LogP contribution in [0.5, 0.6) is 0 Å². The van der Waals surface area contributed by atoms with E-state index in [1.54, 1.807) is 51.4 Å². The summed E-state index contributed by atoms with van der Waals surface area (Å²) >= 11 is 0. The summed E-state index contributed by atoms with van der Waals surface area (Å²) in [7, 11) is 0. The van der Waals surface area contributed by atoms with Crippen molar-refractivity contribution in [3.63, 3.8) is 0 Å². The molecule has 0 saturated heterocycles. The van der Waals surface area contributed by atoms with Crippen molar-refractivity contribution in [2.24, 2.45) is 53.3 Å². The van der Waals surface area contributed by atoms with Crippen LogP contribution in [0.4, 0.5) is 0 Å². The fourth-order valence-electron chi connectivity index (χ4n) is 8.05. The van der Waals surface area contributed by atoms with Gasteiger partial charge in [-0.1, -0.05) is 118 Å². The number of hydrogen-bond donors (Lipinski definition) is 0. The van der Waals surface area contributed by atoms with E-state index in [1.165, 1.54) is 57.8 Å². The normalized spacial score (nSPS) is 36.2. The van der Waals surface area contributed by atoms with Crippen molar-refractivity contribution in [3.8, 4) is 0 Å². The van der Waals surface area contributed by atoms with Gasteiger partial charge < -0.3 is 0 Å². The molecule has 3 aliphatic rings. The van der Waals surface area contributed by atoms with Gasteiger partial charge in [-0.2, -0.15) is 0 Å². The third-order valence-electron chi connectivity index (χ3n) is 10.2. The monoisotopic (exact) mass is 430 g/mol. The van der Waals surface area contributed by atoms with E-state index < -0.39 is 0 Å². The Bertz CT molecular complexity index is 470. The Labute approximate surface area is 197 Å². The zero-order valence-corrected chi connectivity index (χ0v) is 22.2. The van der Waals surface area contributed by atoms with E-state index >= 15 is 0 Å². The van der Waals surface area contributed by atoms with E-state index in [4.69, 9.17) is 0 Å². The van der Waals surface area contributed by atoms with Crippen molar-refractivity contribution in [1.29, 1.82) is 0 Å². The fraction of sp³-hybridized carbons (Fsp3) is 1.00. The maximum atomic E-state index is 2.64. The van der Waals surface area contributed by atoms with Gasteiger partial charge in [-0.05, 0) is 78.9 Å². The minimum atomic E-state index is 0.882. The lowest BCUT2D eigenvalue weighted by Crippen LogP contribution is -2.37. The lowest BCUT2D eigenvalue weighted by atomic mass is 9.58. The van der Waals surface area contributed by atoms with Gasteiger partial charge in [-0.15, -0.1) is 0 Å². The molecule has 0 nitrogen and oxygen atoms in total. The molecule has 0 aromatic rings. The van der Waals surface area contributed by atoms with E-state index in [2.05, 4.69) is 34.6 Å². The quantitative estimate of drug-likeness (QED) is 0.306. The van der Waals surface area contributed by atoms with Crippen molar-refractivity contribution >= 4 is 0 Å². The van der Waals surface area contributed by atoms with Crippen LogP contribution in [0.3, 0.4) is 0 Å². The van der Waals surface area contributed by atoms with Gasteiger partial charge in [0.15, 0.2) is 0 Å². The van der Waals surface area contributed by atoms with E-state index in [-0.39, 0.29) is 0 Å². The SMILES string of the molecule is CC(C)CCCC(C)CCCC(C)C1CCCC2CCC(CC3CCC(C)CC3)CC21. The standard InChI is InChI=1S/C31H58/c1-23(2)9-6-10-24(3)11-7-12-26(5)30-14-8-13-29-20-19-28(22-31(29)30)21-27-17-15-25(4)16-18-27/h23-31H,6-22H2,1-5H3. The van der Waals surface area contributed by atoms with Crippen LogP contribution < -0.4 is 0 Å². The number of rotatable bonds is 11. The van der Waals surface area contributed by atoms with Gasteiger partial charge >= 0.3 is 0 Å². The topological polar surface area (TPSA) is 0 Å². The van der Waals surface area contributed by atoms with Gasteiger partial charge in [0.2, 0.25) is 0 Å². The molecule has 3 rings (SSSR count). The van der Waals surface area contributed by atoms with Gasteiger partial charge in [-0.3, -0.25) is 0 Å². The predicted molar refractivity (Wildman–Crippen MR) is 138 cm³/mol. The molecule has 31 heavy (non-hydrogen) atoms. The van der Waals surface area contributed by atoms with Crippen molar-refractivity contribution < 1.29 is 0 Å². The van der Waals surface area contributed by atoms with Crippen molar-refractivity contribution in [1.82, 2.24) is 0 Å². The molecule has 0 heterocycles. The molecule has 6 atom stereocenters. The molecule has 0 spiro atoms. The Balaban J connectivity index is 1.41. The summed E-state index contributed by atoms with van der Waals surface area (Å²) in [6.07, 6.45) is 25.9. The first kappa shape index (κ1) is 25.6. The molecule has 0 aromatic heterocycles. The molecule has 0 aromatic carbocycles. The van der Waals surface area contributed by atoms with Crippen LogP contribution in [-0.2, 0) is 0 Å². The molecule has 0 aliphatic heterocycles. The smallest absolute Gasteiger partial charge is 0.0352 e. The van der Waals surface area contributed by atoms with Crippen LogP contribution in [0.15, 0.2) is 0 Å². The summed E-state index contributed by atoms with van der Waals surface area (Å²) in [6.45, 7) is 12.4. The summed E-state index contributed by atoms with van der Waals surface area (Å²) in [5, 5.41) is 0. The van der Waals surface area contributed by atoms with Crippen molar-refractivity contribution in [3.05, 3.63) is 0 Å². The first-order valence-corrected chi connectivity index (χ1v) is 14.9. The molecule has 3 fully saturated rings. The molecule has 0 amide bonds. The van der Waals surface area contributed by atoms with E-state index in [9.17, 15) is 0 Å². The predicted octanol–water partition coefficient (Wildman–Crippen LogP) is 10.3. The Morgan fingerprint density at radius 2 is 1.35 bits per heavy atom. The van der Waals surface area contributed by atoms with Gasteiger partial charge in [0.05, 0.1) is 0 Å². The zero-order chi connectivity index (χ0) is 22.2. The average molecular weight is 431 g/mol. The molecule has 0 heteroatoms. The molecule has 0 radical (unpaired) electrons. The van der Waals surface area contributed by atoms with E-state index in [0.717, 1.165) is 53.3 Å². The second kappa shape index (κ2) is 13.0. The molecular weight excluding hydrogens is 372 g/mol. The minimum Gasteiger partial charge on any atom is -0.0628 e. The van der Waals surface area contributed by atoms with Gasteiger partial charge in [0.25, 0.3) is 0 Å². The molecule has 182 valence electrons. The van der Waals surface area contributed by atoms with Gasteiger partial charge in [0, 0.05) is 0 Å². The highest BCUT2D eigenvalue weighted by Crippen LogP contribution is 2.50. The highest BCUT2D eigenvalue weighted by atomic mass is 14.5. The summed E-state index contributed by atoms with van der Waals surface area (Å²) < 4.78 is 0. The zero-order valence-electron chi connectivity index (χ0n) is 22.2. The third-order valence-corrected chi connectivity index (χ3v) is 10.2. The summed E-state index contributed by atoms with van der Waals surface area (Å²) in [5.74, 6) is 9.22. The first-order valence-electron chi connectivity index (χ1n) is 14.9. The highest BCUT2D eigenvalue weighted by Gasteiger charge is 2.40. The largest absolute Gasteiger partial charge is 0.0628 e. The van der Waals surface area contributed by atoms with Crippen LogP contribution in [0, 0.1) is 53.3 Å². The summed E-state index contributed by atoms with van der Waals surface area (Å²) in [5.41, 5.74) is 0. The third kappa shape index (κ3) is 8.37. The van der Waals surface area contributed by atoms with E-state index in [1.807, 2.05) is 0 Å². The molecule has 0 bridgehead atoms. The number of hydrogen-bond acceptors (Lipinski definition) is 0. The maximum absolute atomic E-state index is 2.64. The van der Waals surface area contributed by atoms with Gasteiger partial charge in [0.1, 0.15) is 0 Å². The summed E-state index contributed by atoms with van der Waals surface area (Å²) in [6, 6.07) is 0. The van der Waals surface area contributed by atoms with Crippen molar-refractivity contribution in [2.75, 3.05) is 0 Å². The molecular formula is C31H58. The molecule has 0 N–H and O–H groups in total. The fourth-order valence-corrected chi connectivity index (χ4v) is 8.05. The lowest BCUT2D eigenvalue weighted by molar-refractivity contribution is 0.0341. The van der Waals surface area contributed by atoms with Gasteiger partial charge in [-0.25, -0.2) is 0 Å². The molecule has 3 aliphatic carbocycles. The molecule has 6 unspecified atom stereocenters. The van der Waals surface area contributed by atoms with Crippen LogP contribution in [0.2, 0.25) is 0 Å². The van der Waals surface area contributed by atoms with Crippen LogP contribution in [0.25, 0.3) is 0 Å².